The third-order valence-corrected chi connectivity index (χ3v) is 8.65. The lowest BCUT2D eigenvalue weighted by Gasteiger charge is -2.34. The molecule has 10 nitrogen and oxygen atoms in total. The number of para-hydroxylation sites is 1. The van der Waals surface area contributed by atoms with Crippen LogP contribution in [0.25, 0.3) is 11.4 Å². The third kappa shape index (κ3) is 7.22. The summed E-state index contributed by atoms with van der Waals surface area (Å²) in [4.78, 5) is 29.0. The van der Waals surface area contributed by atoms with Crippen LogP contribution in [0.4, 0.5) is 5.69 Å². The molecule has 2 aromatic carbocycles. The van der Waals surface area contributed by atoms with Crippen LogP contribution >= 0.6 is 0 Å². The van der Waals surface area contributed by atoms with E-state index >= 15 is 0 Å². The Kier molecular flexibility index (Phi) is 9.33. The molecule has 42 heavy (non-hydrogen) atoms. The number of aliphatic hydroxyl groups excluding tert-OH is 1. The summed E-state index contributed by atoms with van der Waals surface area (Å²) < 4.78 is 0. The quantitative estimate of drug-likeness (QED) is 0.290. The topological polar surface area (TPSA) is 136 Å². The molecule has 1 aliphatic carbocycles. The first-order valence-corrected chi connectivity index (χ1v) is 15.1. The molecule has 10 heteroatoms. The molecule has 5 rings (SSSR count). The van der Waals surface area contributed by atoms with Crippen LogP contribution in [0.5, 0.6) is 0 Å². The molecule has 0 spiro atoms. The van der Waals surface area contributed by atoms with Crippen LogP contribution in [0.1, 0.15) is 76.3 Å². The highest BCUT2D eigenvalue weighted by Gasteiger charge is 2.35. The number of amides is 2. The van der Waals surface area contributed by atoms with Crippen LogP contribution in [-0.2, 0) is 16.0 Å². The maximum atomic E-state index is 14.0. The van der Waals surface area contributed by atoms with Crippen LogP contribution < -0.4 is 15.5 Å². The van der Waals surface area contributed by atoms with E-state index in [4.69, 9.17) is 0 Å². The molecule has 0 bridgehead atoms. The van der Waals surface area contributed by atoms with Crippen molar-refractivity contribution in [2.45, 2.75) is 89.3 Å². The lowest BCUT2D eigenvalue weighted by atomic mass is 9.77. The predicted molar refractivity (Wildman–Crippen MR) is 162 cm³/mol. The van der Waals surface area contributed by atoms with E-state index in [9.17, 15) is 14.7 Å². The van der Waals surface area contributed by atoms with Crippen LogP contribution in [-0.4, -0.2) is 68.3 Å². The van der Waals surface area contributed by atoms with Gasteiger partial charge in [-0.3, -0.25) is 9.59 Å². The molecule has 2 aliphatic rings. The highest BCUT2D eigenvalue weighted by Crippen LogP contribution is 2.40. The Morgan fingerprint density at radius 3 is 2.57 bits per heavy atom. The van der Waals surface area contributed by atoms with Crippen molar-refractivity contribution in [2.75, 3.05) is 18.0 Å². The second-order valence-corrected chi connectivity index (χ2v) is 12.6. The number of benzene rings is 2. The number of H-pyrrole nitrogens is 1. The number of tetrazole rings is 1. The number of aromatic amines is 1. The highest BCUT2D eigenvalue weighted by molar-refractivity contribution is 6.00. The van der Waals surface area contributed by atoms with Gasteiger partial charge in [0.2, 0.25) is 11.8 Å². The summed E-state index contributed by atoms with van der Waals surface area (Å²) in [5.41, 5.74) is 3.91. The summed E-state index contributed by atoms with van der Waals surface area (Å²) in [7, 11) is 0. The van der Waals surface area contributed by atoms with Crippen molar-refractivity contribution in [1.29, 1.82) is 0 Å². The number of hydrogen-bond donors (Lipinski definition) is 4. The number of carbonyl (C=O) groups excluding carboxylic acids is 2. The third-order valence-electron chi connectivity index (χ3n) is 8.65. The standard InChI is InChI=1S/C32H43N7O3/c1-21(40)19-33-32(2,3)18-29(41)34-27-17-16-24-8-4-7-11-28(24)39(31(27)42)20-22-12-14-23(15-13-22)25-9-5-6-10-26(25)30-35-37-38-36-30/h4-11,21-23,27,33,40H,12-20H2,1-3H3,(H,34,41)(H,35,36,37,38)/t21-,22?,23?,27-/m1/s1. The summed E-state index contributed by atoms with van der Waals surface area (Å²) in [6, 6.07) is 15.9. The molecule has 1 aliphatic heterocycles. The fourth-order valence-corrected chi connectivity index (χ4v) is 6.43. The monoisotopic (exact) mass is 573 g/mol. The first-order chi connectivity index (χ1) is 20.2. The molecule has 2 atom stereocenters. The van der Waals surface area contributed by atoms with Crippen LogP contribution in [0, 0.1) is 5.92 Å². The van der Waals surface area contributed by atoms with Gasteiger partial charge in [-0.15, -0.1) is 5.10 Å². The molecule has 224 valence electrons. The molecule has 3 aromatic rings. The minimum absolute atomic E-state index is 0.0339. The van der Waals surface area contributed by atoms with Gasteiger partial charge < -0.3 is 20.6 Å². The van der Waals surface area contributed by atoms with Gasteiger partial charge in [0, 0.05) is 36.3 Å². The van der Waals surface area contributed by atoms with Gasteiger partial charge in [0.25, 0.3) is 0 Å². The number of aryl methyl sites for hydroxylation is 1. The van der Waals surface area contributed by atoms with E-state index in [1.807, 2.05) is 43.0 Å². The Balaban J connectivity index is 1.25. The molecule has 4 N–H and O–H groups in total. The van der Waals surface area contributed by atoms with E-state index in [0.29, 0.717) is 37.2 Å². The minimum Gasteiger partial charge on any atom is -0.392 e. The molecular formula is C32H43N7O3. The summed E-state index contributed by atoms with van der Waals surface area (Å²) >= 11 is 0. The zero-order valence-electron chi connectivity index (χ0n) is 24.8. The van der Waals surface area contributed by atoms with Gasteiger partial charge >= 0.3 is 0 Å². The Labute approximate surface area is 247 Å². The lowest BCUT2D eigenvalue weighted by Crippen LogP contribution is -2.52. The summed E-state index contributed by atoms with van der Waals surface area (Å²) in [6.07, 6.45) is 5.10. The van der Waals surface area contributed by atoms with Crippen molar-refractivity contribution in [1.82, 2.24) is 31.3 Å². The Morgan fingerprint density at radius 1 is 1.10 bits per heavy atom. The molecule has 2 heterocycles. The number of β-amino-alcohol motifs (C(OH)–C–C–N with tert-alkyl or cyclic N) is 1. The molecule has 0 radical (unpaired) electrons. The maximum absolute atomic E-state index is 14.0. The number of nitrogens with one attached hydrogen (secondary N) is 3. The second-order valence-electron chi connectivity index (χ2n) is 12.6. The van der Waals surface area contributed by atoms with E-state index in [1.54, 1.807) is 6.92 Å². The zero-order chi connectivity index (χ0) is 29.7. The molecule has 1 saturated carbocycles. The Bertz CT molecular complexity index is 1350. The number of anilines is 1. The maximum Gasteiger partial charge on any atom is 0.249 e. The van der Waals surface area contributed by atoms with E-state index in [1.165, 1.54) is 5.56 Å². The van der Waals surface area contributed by atoms with Crippen molar-refractivity contribution in [2.24, 2.45) is 5.92 Å². The van der Waals surface area contributed by atoms with E-state index in [-0.39, 0.29) is 18.2 Å². The number of aromatic nitrogens is 4. The first kappa shape index (κ1) is 29.8. The summed E-state index contributed by atoms with van der Waals surface area (Å²) in [5.74, 6) is 1.27. The van der Waals surface area contributed by atoms with Crippen LogP contribution in [0.15, 0.2) is 48.5 Å². The number of rotatable bonds is 10. The smallest absolute Gasteiger partial charge is 0.249 e. The average Bonchev–Trinajstić information content (AvgIpc) is 3.48. The molecule has 0 saturated heterocycles. The van der Waals surface area contributed by atoms with Crippen LogP contribution in [0.3, 0.4) is 0 Å². The minimum atomic E-state index is -0.573. The number of carbonyl (C=O) groups is 2. The van der Waals surface area contributed by atoms with Crippen molar-refractivity contribution in [3.05, 3.63) is 59.7 Å². The van der Waals surface area contributed by atoms with Crippen molar-refractivity contribution in [3.8, 4) is 11.4 Å². The van der Waals surface area contributed by atoms with Gasteiger partial charge in [-0.05, 0) is 98.8 Å². The average molecular weight is 574 g/mol. The second kappa shape index (κ2) is 13.1. The largest absolute Gasteiger partial charge is 0.392 e. The zero-order valence-corrected chi connectivity index (χ0v) is 24.8. The Hall–Kier alpha value is -3.63. The summed E-state index contributed by atoms with van der Waals surface area (Å²) in [5, 5.41) is 30.5. The predicted octanol–water partition coefficient (Wildman–Crippen LogP) is 3.74. The van der Waals surface area contributed by atoms with Gasteiger partial charge in [-0.2, -0.15) is 0 Å². The number of aliphatic hydroxyl groups is 1. The summed E-state index contributed by atoms with van der Waals surface area (Å²) in [6.45, 7) is 6.62. The van der Waals surface area contributed by atoms with Gasteiger partial charge in [-0.25, -0.2) is 5.10 Å². The molecular weight excluding hydrogens is 530 g/mol. The van der Waals surface area contributed by atoms with Gasteiger partial charge in [0.15, 0.2) is 5.82 Å². The van der Waals surface area contributed by atoms with Gasteiger partial charge in [-0.1, -0.05) is 42.5 Å². The Morgan fingerprint density at radius 2 is 1.83 bits per heavy atom. The fourth-order valence-electron chi connectivity index (χ4n) is 6.43. The van der Waals surface area contributed by atoms with E-state index < -0.39 is 17.7 Å². The van der Waals surface area contributed by atoms with Crippen molar-refractivity contribution in [3.63, 3.8) is 0 Å². The number of hydrogen-bond acceptors (Lipinski definition) is 7. The van der Waals surface area contributed by atoms with Gasteiger partial charge in [0.1, 0.15) is 6.04 Å². The fraction of sp³-hybridized carbons (Fsp3) is 0.531. The molecule has 1 fully saturated rings. The molecule has 1 aromatic heterocycles. The van der Waals surface area contributed by atoms with E-state index in [2.05, 4.69) is 55.5 Å². The number of fused-ring (bicyclic) bond motifs is 1. The van der Waals surface area contributed by atoms with E-state index in [0.717, 1.165) is 48.9 Å². The van der Waals surface area contributed by atoms with Crippen molar-refractivity contribution < 1.29 is 14.7 Å². The normalized spacial score (nSPS) is 21.9. The highest BCUT2D eigenvalue weighted by atomic mass is 16.3. The van der Waals surface area contributed by atoms with Crippen molar-refractivity contribution >= 4 is 17.5 Å². The van der Waals surface area contributed by atoms with Crippen LogP contribution in [0.2, 0.25) is 0 Å². The molecule has 2 amide bonds. The first-order valence-electron chi connectivity index (χ1n) is 15.1. The molecule has 0 unspecified atom stereocenters. The van der Waals surface area contributed by atoms with Gasteiger partial charge in [0.05, 0.1) is 6.10 Å². The lowest BCUT2D eigenvalue weighted by molar-refractivity contribution is -0.128. The SMILES string of the molecule is C[C@@H](O)CNC(C)(C)CC(=O)N[C@@H]1CCc2ccccc2N(CC2CCC(c3ccccc3-c3nnn[nH]3)CC2)C1=O. The number of nitrogens with zero attached hydrogens (tertiary/aromatic N) is 4.